The van der Waals surface area contributed by atoms with E-state index in [1.54, 1.807) is 0 Å². The van der Waals surface area contributed by atoms with E-state index in [1.807, 2.05) is 7.05 Å². The normalized spacial score (nSPS) is 16.3. The molecule has 0 spiro atoms. The molecule has 0 aliphatic heterocycles. The Hall–Kier alpha value is -1.28. The largest absolute Gasteiger partial charge is 0.347 e. The summed E-state index contributed by atoms with van der Waals surface area (Å²) in [4.78, 5) is 0. The van der Waals surface area contributed by atoms with Crippen LogP contribution in [-0.2, 0) is 13.1 Å². The van der Waals surface area contributed by atoms with Crippen molar-refractivity contribution in [3.63, 3.8) is 0 Å². The number of benzene rings is 1. The average molecular weight is 228 g/mol. The average Bonchev–Trinajstić information content (AvgIpc) is 2.68. The summed E-state index contributed by atoms with van der Waals surface area (Å²) >= 11 is 0. The Labute approximate surface area is 103 Å². The zero-order chi connectivity index (χ0) is 11.7. The first-order valence-corrected chi connectivity index (χ1v) is 6.60. The molecule has 1 heterocycles. The molecule has 2 nitrogen and oxygen atoms in total. The van der Waals surface area contributed by atoms with Crippen molar-refractivity contribution < 1.29 is 0 Å². The van der Waals surface area contributed by atoms with E-state index in [0.717, 1.165) is 12.5 Å². The molecular weight excluding hydrogens is 208 g/mol. The first kappa shape index (κ1) is 10.8. The molecule has 0 saturated heterocycles. The van der Waals surface area contributed by atoms with Gasteiger partial charge in [0.25, 0.3) is 0 Å². The van der Waals surface area contributed by atoms with Crippen LogP contribution in [-0.4, -0.2) is 11.6 Å². The zero-order valence-corrected chi connectivity index (χ0v) is 10.4. The van der Waals surface area contributed by atoms with Crippen LogP contribution < -0.4 is 5.32 Å². The molecule has 1 aliphatic carbocycles. The van der Waals surface area contributed by atoms with Gasteiger partial charge in [-0.25, -0.2) is 0 Å². The smallest absolute Gasteiger partial charge is 0.0483 e. The van der Waals surface area contributed by atoms with Gasteiger partial charge in [-0.15, -0.1) is 0 Å². The third-order valence-electron chi connectivity index (χ3n) is 3.95. The molecule has 1 aliphatic rings. The Morgan fingerprint density at radius 1 is 1.29 bits per heavy atom. The Morgan fingerprint density at radius 2 is 2.18 bits per heavy atom. The second-order valence-corrected chi connectivity index (χ2v) is 5.15. The summed E-state index contributed by atoms with van der Waals surface area (Å²) in [6.07, 6.45) is 6.50. The first-order valence-electron chi connectivity index (χ1n) is 6.60. The van der Waals surface area contributed by atoms with Gasteiger partial charge in [-0.1, -0.05) is 18.6 Å². The molecule has 3 rings (SSSR count). The van der Waals surface area contributed by atoms with E-state index >= 15 is 0 Å². The van der Waals surface area contributed by atoms with Gasteiger partial charge in [-0.05, 0) is 43.5 Å². The summed E-state index contributed by atoms with van der Waals surface area (Å²) in [5, 5.41) is 4.64. The van der Waals surface area contributed by atoms with E-state index in [1.165, 1.54) is 42.3 Å². The molecule has 0 amide bonds. The van der Waals surface area contributed by atoms with Gasteiger partial charge >= 0.3 is 0 Å². The molecule has 0 bridgehead atoms. The van der Waals surface area contributed by atoms with Crippen LogP contribution in [0.15, 0.2) is 30.5 Å². The van der Waals surface area contributed by atoms with E-state index in [0.29, 0.717) is 0 Å². The maximum atomic E-state index is 3.24. The quantitative estimate of drug-likeness (QED) is 0.850. The summed E-state index contributed by atoms with van der Waals surface area (Å²) in [5.74, 6) is 0.915. The van der Waals surface area contributed by atoms with Crippen LogP contribution in [0.2, 0.25) is 0 Å². The Bertz CT molecular complexity index is 509. The van der Waals surface area contributed by atoms with Gasteiger partial charge in [0.2, 0.25) is 0 Å². The predicted molar refractivity (Wildman–Crippen MR) is 72.0 cm³/mol. The van der Waals surface area contributed by atoms with Crippen molar-refractivity contribution in [2.75, 3.05) is 7.05 Å². The van der Waals surface area contributed by atoms with Gasteiger partial charge < -0.3 is 9.88 Å². The molecular formula is C15H20N2. The minimum Gasteiger partial charge on any atom is -0.347 e. The van der Waals surface area contributed by atoms with Gasteiger partial charge in [0.05, 0.1) is 0 Å². The van der Waals surface area contributed by atoms with E-state index < -0.39 is 0 Å². The minimum atomic E-state index is 0.915. The van der Waals surface area contributed by atoms with Crippen molar-refractivity contribution in [3.05, 3.63) is 36.0 Å². The van der Waals surface area contributed by atoms with Crippen molar-refractivity contribution in [3.8, 4) is 0 Å². The van der Waals surface area contributed by atoms with Crippen molar-refractivity contribution in [1.29, 1.82) is 0 Å². The molecule has 1 fully saturated rings. The highest BCUT2D eigenvalue weighted by molar-refractivity contribution is 5.83. The van der Waals surface area contributed by atoms with Crippen LogP contribution >= 0.6 is 0 Å². The molecule has 0 atom stereocenters. The highest BCUT2D eigenvalue weighted by atomic mass is 15.0. The van der Waals surface area contributed by atoms with Crippen LogP contribution in [0.5, 0.6) is 0 Å². The van der Waals surface area contributed by atoms with E-state index in [-0.39, 0.29) is 0 Å². The maximum Gasteiger partial charge on any atom is 0.0483 e. The Kier molecular flexibility index (Phi) is 2.89. The lowest BCUT2D eigenvalue weighted by atomic mass is 9.85. The second-order valence-electron chi connectivity index (χ2n) is 5.15. The van der Waals surface area contributed by atoms with Crippen molar-refractivity contribution in [1.82, 2.24) is 9.88 Å². The second kappa shape index (κ2) is 4.53. The number of nitrogens with one attached hydrogen (secondary N) is 1. The molecule has 1 N–H and O–H groups in total. The number of hydrogen-bond acceptors (Lipinski definition) is 1. The van der Waals surface area contributed by atoms with E-state index in [4.69, 9.17) is 0 Å². The van der Waals surface area contributed by atoms with E-state index in [9.17, 15) is 0 Å². The first-order chi connectivity index (χ1) is 8.38. The lowest BCUT2D eigenvalue weighted by Gasteiger charge is -2.26. The predicted octanol–water partition coefficient (Wildman–Crippen LogP) is 3.16. The van der Waals surface area contributed by atoms with Crippen LogP contribution in [0, 0.1) is 5.92 Å². The fraction of sp³-hybridized carbons (Fsp3) is 0.467. The number of fused-ring (bicyclic) bond motifs is 1. The summed E-state index contributed by atoms with van der Waals surface area (Å²) in [6.45, 7) is 2.15. The fourth-order valence-corrected chi connectivity index (χ4v) is 2.74. The number of nitrogens with zero attached hydrogens (tertiary/aromatic N) is 1. The van der Waals surface area contributed by atoms with Crippen LogP contribution in [0.1, 0.15) is 24.8 Å². The van der Waals surface area contributed by atoms with Gasteiger partial charge in [-0.3, -0.25) is 0 Å². The summed E-state index contributed by atoms with van der Waals surface area (Å²) < 4.78 is 2.43. The monoisotopic (exact) mass is 228 g/mol. The SMILES string of the molecule is CNCc1cccc2c1ccn2CC1CCC1. The molecule has 1 aromatic carbocycles. The molecule has 1 aromatic heterocycles. The third kappa shape index (κ3) is 1.98. The van der Waals surface area contributed by atoms with Crippen molar-refractivity contribution in [2.45, 2.75) is 32.4 Å². The van der Waals surface area contributed by atoms with Gasteiger partial charge in [0.15, 0.2) is 0 Å². The molecule has 90 valence electrons. The standard InChI is InChI=1S/C15H20N2/c1-16-10-13-6-3-7-15-14(13)8-9-17(15)11-12-4-2-5-12/h3,6-9,12,16H,2,4-5,10-11H2,1H3. The van der Waals surface area contributed by atoms with Gasteiger partial charge in [0, 0.05) is 30.2 Å². The van der Waals surface area contributed by atoms with Gasteiger partial charge in [-0.2, -0.15) is 0 Å². The molecule has 0 unspecified atom stereocenters. The minimum absolute atomic E-state index is 0.915. The molecule has 1 saturated carbocycles. The fourth-order valence-electron chi connectivity index (χ4n) is 2.74. The summed E-state index contributed by atoms with van der Waals surface area (Å²) in [7, 11) is 2.00. The molecule has 0 radical (unpaired) electrons. The maximum absolute atomic E-state index is 3.24. The van der Waals surface area contributed by atoms with Crippen molar-refractivity contribution >= 4 is 10.9 Å². The Balaban J connectivity index is 1.94. The lowest BCUT2D eigenvalue weighted by molar-refractivity contribution is 0.280. The van der Waals surface area contributed by atoms with Crippen LogP contribution in [0.4, 0.5) is 0 Å². The number of rotatable bonds is 4. The zero-order valence-electron chi connectivity index (χ0n) is 10.4. The highest BCUT2D eigenvalue weighted by Gasteiger charge is 2.18. The molecule has 2 aromatic rings. The third-order valence-corrected chi connectivity index (χ3v) is 3.95. The van der Waals surface area contributed by atoms with Crippen molar-refractivity contribution in [2.24, 2.45) is 5.92 Å². The summed E-state index contributed by atoms with van der Waals surface area (Å²) in [6, 6.07) is 8.90. The highest BCUT2D eigenvalue weighted by Crippen LogP contribution is 2.30. The molecule has 2 heteroatoms. The Morgan fingerprint density at radius 3 is 2.88 bits per heavy atom. The van der Waals surface area contributed by atoms with Crippen LogP contribution in [0.25, 0.3) is 10.9 Å². The number of hydrogen-bond donors (Lipinski definition) is 1. The van der Waals surface area contributed by atoms with Crippen LogP contribution in [0.3, 0.4) is 0 Å². The molecule has 17 heavy (non-hydrogen) atoms. The van der Waals surface area contributed by atoms with Gasteiger partial charge in [0.1, 0.15) is 0 Å². The number of aromatic nitrogens is 1. The topological polar surface area (TPSA) is 17.0 Å². The lowest BCUT2D eigenvalue weighted by Crippen LogP contribution is -2.17. The summed E-state index contributed by atoms with van der Waals surface area (Å²) in [5.41, 5.74) is 2.79. The van der Waals surface area contributed by atoms with E-state index in [2.05, 4.69) is 40.3 Å².